The summed E-state index contributed by atoms with van der Waals surface area (Å²) in [6, 6.07) is 20.9. The summed E-state index contributed by atoms with van der Waals surface area (Å²) < 4.78 is 5.96. The molecule has 0 amide bonds. The van der Waals surface area contributed by atoms with Crippen molar-refractivity contribution in [2.75, 3.05) is 0 Å². The summed E-state index contributed by atoms with van der Waals surface area (Å²) in [6.45, 7) is 12.0. The molecule has 0 aliphatic carbocycles. The minimum absolute atomic E-state index is 0.944. The number of aromatic amines is 1. The van der Waals surface area contributed by atoms with E-state index in [2.05, 4.69) is 47.4 Å². The van der Waals surface area contributed by atoms with Crippen LogP contribution in [0.15, 0.2) is 65.1 Å². The Bertz CT molecular complexity index is 1010. The van der Waals surface area contributed by atoms with Crippen LogP contribution < -0.4 is 0 Å². The Morgan fingerprint density at radius 3 is 1.88 bits per heavy atom. The van der Waals surface area contributed by atoms with E-state index < -0.39 is 0 Å². The quantitative estimate of drug-likeness (QED) is 0.300. The van der Waals surface area contributed by atoms with Crippen LogP contribution in [-0.2, 0) is 0 Å². The van der Waals surface area contributed by atoms with Gasteiger partial charge in [0.25, 0.3) is 0 Å². The summed E-state index contributed by atoms with van der Waals surface area (Å²) in [7, 11) is 0. The van der Waals surface area contributed by atoms with Crippen LogP contribution in [0.4, 0.5) is 0 Å². The van der Waals surface area contributed by atoms with Gasteiger partial charge >= 0.3 is 0 Å². The van der Waals surface area contributed by atoms with Crippen LogP contribution in [0.5, 0.6) is 0 Å². The van der Waals surface area contributed by atoms with Gasteiger partial charge in [-0.25, -0.2) is 0 Å². The van der Waals surface area contributed by atoms with Crippen molar-refractivity contribution in [2.24, 2.45) is 0 Å². The molecule has 5 rings (SSSR count). The molecule has 0 fully saturated rings. The van der Waals surface area contributed by atoms with E-state index in [9.17, 15) is 0 Å². The zero-order valence-corrected chi connectivity index (χ0v) is 16.7. The molecule has 0 aliphatic heterocycles. The van der Waals surface area contributed by atoms with Crippen molar-refractivity contribution in [1.82, 2.24) is 4.98 Å². The second-order valence-corrected chi connectivity index (χ2v) is 5.16. The Kier molecular flexibility index (Phi) is 6.85. The maximum absolute atomic E-state index is 5.96. The van der Waals surface area contributed by atoms with Gasteiger partial charge in [-0.15, -0.1) is 0 Å². The fraction of sp³-hybridized carbons (Fsp3) is 0.250. The molecular weight excluding hydrogens is 318 g/mol. The summed E-state index contributed by atoms with van der Waals surface area (Å²) in [6.07, 6.45) is 0. The van der Waals surface area contributed by atoms with Crippen LogP contribution >= 0.6 is 0 Å². The fourth-order valence-corrected chi connectivity index (χ4v) is 3.07. The lowest BCUT2D eigenvalue weighted by molar-refractivity contribution is 0.669. The molecular formula is C24H29NO. The first-order valence-electron chi connectivity index (χ1n) is 9.72. The first-order valence-corrected chi connectivity index (χ1v) is 9.72. The predicted octanol–water partition coefficient (Wildman–Crippen LogP) is 8.30. The van der Waals surface area contributed by atoms with Crippen LogP contribution in [0, 0.1) is 0 Å². The largest absolute Gasteiger partial charge is 0.456 e. The van der Waals surface area contributed by atoms with Gasteiger partial charge in [0.1, 0.15) is 11.2 Å². The van der Waals surface area contributed by atoms with Crippen molar-refractivity contribution in [3.63, 3.8) is 0 Å². The summed E-state index contributed by atoms with van der Waals surface area (Å²) >= 11 is 0. The molecule has 0 bridgehead atoms. The second-order valence-electron chi connectivity index (χ2n) is 5.16. The van der Waals surface area contributed by atoms with Crippen LogP contribution in [0.25, 0.3) is 43.7 Å². The molecule has 0 spiro atoms. The highest BCUT2D eigenvalue weighted by molar-refractivity contribution is 6.15. The number of aromatic nitrogens is 1. The van der Waals surface area contributed by atoms with Crippen LogP contribution in [0.2, 0.25) is 0 Å². The Labute approximate surface area is 155 Å². The number of hydrogen-bond acceptors (Lipinski definition) is 1. The standard InChI is InChI=1S/C18H11NO.3C2H6/c1-3-7-15-11(5-1)13-10-18-14(9-16(13)19-15)12-6-2-4-8-17(12)20-18;3*1-2/h1-10,19H;3*1-2H3. The van der Waals surface area contributed by atoms with Crippen molar-refractivity contribution in [1.29, 1.82) is 0 Å². The molecule has 0 radical (unpaired) electrons. The Hall–Kier alpha value is -2.74. The van der Waals surface area contributed by atoms with E-state index in [1.807, 2.05) is 59.7 Å². The number of furan rings is 1. The van der Waals surface area contributed by atoms with Gasteiger partial charge in [-0.1, -0.05) is 77.9 Å². The first-order chi connectivity index (χ1) is 12.9. The molecule has 0 unspecified atom stereocenters. The van der Waals surface area contributed by atoms with Crippen LogP contribution in [0.3, 0.4) is 0 Å². The molecule has 5 aromatic rings. The average molecular weight is 348 g/mol. The molecule has 3 aromatic carbocycles. The van der Waals surface area contributed by atoms with Crippen molar-refractivity contribution >= 4 is 43.7 Å². The minimum atomic E-state index is 0.944. The smallest absolute Gasteiger partial charge is 0.136 e. The molecule has 2 heterocycles. The molecule has 2 aromatic heterocycles. The summed E-state index contributed by atoms with van der Waals surface area (Å²) in [5.74, 6) is 0. The number of benzene rings is 3. The first kappa shape index (κ1) is 19.6. The van der Waals surface area contributed by atoms with Crippen molar-refractivity contribution in [2.45, 2.75) is 41.5 Å². The van der Waals surface area contributed by atoms with E-state index in [1.165, 1.54) is 27.1 Å². The van der Waals surface area contributed by atoms with E-state index in [0.29, 0.717) is 0 Å². The molecule has 2 nitrogen and oxygen atoms in total. The molecule has 0 saturated heterocycles. The lowest BCUT2D eigenvalue weighted by Gasteiger charge is -1.92. The van der Waals surface area contributed by atoms with Gasteiger partial charge in [0.2, 0.25) is 0 Å². The number of fused-ring (bicyclic) bond motifs is 6. The van der Waals surface area contributed by atoms with Crippen LogP contribution in [-0.4, -0.2) is 4.98 Å². The van der Waals surface area contributed by atoms with Gasteiger partial charge in [-0.3, -0.25) is 0 Å². The van der Waals surface area contributed by atoms with Gasteiger partial charge < -0.3 is 9.40 Å². The third kappa shape index (κ3) is 3.32. The lowest BCUT2D eigenvalue weighted by Crippen LogP contribution is -1.69. The summed E-state index contributed by atoms with van der Waals surface area (Å²) in [5, 5.41) is 4.79. The predicted molar refractivity (Wildman–Crippen MR) is 117 cm³/mol. The zero-order valence-electron chi connectivity index (χ0n) is 16.7. The number of H-pyrrole nitrogens is 1. The van der Waals surface area contributed by atoms with E-state index in [-0.39, 0.29) is 0 Å². The number of rotatable bonds is 0. The highest BCUT2D eigenvalue weighted by Crippen LogP contribution is 2.34. The Balaban J connectivity index is 0.000000371. The molecule has 0 saturated carbocycles. The molecule has 0 atom stereocenters. The van der Waals surface area contributed by atoms with Crippen molar-refractivity contribution in [3.8, 4) is 0 Å². The lowest BCUT2D eigenvalue weighted by atomic mass is 10.1. The van der Waals surface area contributed by atoms with Gasteiger partial charge in [0.05, 0.1) is 0 Å². The molecule has 1 N–H and O–H groups in total. The molecule has 136 valence electrons. The number of hydrogen-bond donors (Lipinski definition) is 1. The van der Waals surface area contributed by atoms with Crippen LogP contribution in [0.1, 0.15) is 41.5 Å². The summed E-state index contributed by atoms with van der Waals surface area (Å²) in [4.78, 5) is 3.48. The van der Waals surface area contributed by atoms with Gasteiger partial charge in [0, 0.05) is 32.6 Å². The highest BCUT2D eigenvalue weighted by Gasteiger charge is 2.10. The van der Waals surface area contributed by atoms with E-state index in [4.69, 9.17) is 4.42 Å². The number of nitrogens with one attached hydrogen (secondary N) is 1. The van der Waals surface area contributed by atoms with E-state index >= 15 is 0 Å². The van der Waals surface area contributed by atoms with Crippen molar-refractivity contribution in [3.05, 3.63) is 60.7 Å². The Morgan fingerprint density at radius 1 is 0.538 bits per heavy atom. The zero-order chi connectivity index (χ0) is 19.1. The maximum Gasteiger partial charge on any atom is 0.136 e. The second kappa shape index (κ2) is 9.10. The van der Waals surface area contributed by atoms with Crippen molar-refractivity contribution < 1.29 is 4.42 Å². The molecule has 26 heavy (non-hydrogen) atoms. The Morgan fingerprint density at radius 2 is 1.15 bits per heavy atom. The highest BCUT2D eigenvalue weighted by atomic mass is 16.3. The minimum Gasteiger partial charge on any atom is -0.456 e. The van der Waals surface area contributed by atoms with Gasteiger partial charge in [-0.2, -0.15) is 0 Å². The average Bonchev–Trinajstić information content (AvgIpc) is 3.28. The molecule has 0 aliphatic rings. The third-order valence-electron chi connectivity index (χ3n) is 4.00. The summed E-state index contributed by atoms with van der Waals surface area (Å²) in [5.41, 5.74) is 4.22. The van der Waals surface area contributed by atoms with Gasteiger partial charge in [0.15, 0.2) is 0 Å². The SMILES string of the molecule is CC.CC.CC.c1ccc2c(c1)[nH]c1cc3c(cc12)oc1ccccc13. The monoisotopic (exact) mass is 347 g/mol. The normalized spacial score (nSPS) is 9.92. The van der Waals surface area contributed by atoms with E-state index in [1.54, 1.807) is 0 Å². The van der Waals surface area contributed by atoms with E-state index in [0.717, 1.165) is 16.7 Å². The number of para-hydroxylation sites is 2. The molecule has 2 heteroatoms. The fourth-order valence-electron chi connectivity index (χ4n) is 3.07. The topological polar surface area (TPSA) is 28.9 Å². The van der Waals surface area contributed by atoms with Gasteiger partial charge in [-0.05, 0) is 24.3 Å². The maximum atomic E-state index is 5.96. The third-order valence-corrected chi connectivity index (χ3v) is 4.00.